The highest BCUT2D eigenvalue weighted by molar-refractivity contribution is 7.17. The molecule has 0 unspecified atom stereocenters. The molecule has 3 aromatic heterocycles. The topological polar surface area (TPSA) is 122 Å². The van der Waals surface area contributed by atoms with Gasteiger partial charge in [0, 0.05) is 43.9 Å². The quantitative estimate of drug-likeness (QED) is 0.230. The van der Waals surface area contributed by atoms with Gasteiger partial charge < -0.3 is 29.9 Å². The number of aromatic nitrogens is 3. The van der Waals surface area contributed by atoms with Crippen molar-refractivity contribution in [2.24, 2.45) is 0 Å². The largest absolute Gasteiger partial charge is 0.493 e. The molecule has 1 aliphatic rings. The van der Waals surface area contributed by atoms with Gasteiger partial charge in [0.25, 0.3) is 5.91 Å². The number of nitrogens with one attached hydrogen (secondary N) is 2. The van der Waals surface area contributed by atoms with Crippen LogP contribution in [0.25, 0.3) is 11.3 Å². The van der Waals surface area contributed by atoms with Crippen LogP contribution in [0.4, 0.5) is 22.5 Å². The number of anilines is 4. The summed E-state index contributed by atoms with van der Waals surface area (Å²) in [5, 5.41) is 7.00. The maximum Gasteiger partial charge on any atom is 0.267 e. The van der Waals surface area contributed by atoms with Crippen LogP contribution in [0.3, 0.4) is 0 Å². The molecule has 2 amide bonds. The van der Waals surface area contributed by atoms with E-state index in [9.17, 15) is 9.59 Å². The minimum absolute atomic E-state index is 0.163. The van der Waals surface area contributed by atoms with E-state index in [1.165, 1.54) is 17.5 Å². The Kier molecular flexibility index (Phi) is 9.50. The first-order chi connectivity index (χ1) is 21.2. The molecule has 2 N–H and O–H groups in total. The number of nitrogens with zero attached hydrogens (tertiary/aromatic N) is 5. The van der Waals surface area contributed by atoms with E-state index in [1.54, 1.807) is 20.3 Å². The SMILES string of the molecule is CCC(=O)N1CCN(c2nc(C)c(-c3ccc(OC)c(Nc4ncc(C(=O)Nc5c(C)cccc5Cl)s4)n3)cc2OC)CC1. The van der Waals surface area contributed by atoms with Gasteiger partial charge in [-0.3, -0.25) is 9.59 Å². The second-order valence-corrected chi connectivity index (χ2v) is 11.6. The standard InChI is InChI=1S/C31H34ClN7O4S/c1-6-26(40)38-12-14-39(15-13-38)29-24(43-5)16-20(19(3)34-29)22-10-11-23(42-4)28(35-22)37-31-33-17-25(44-31)30(41)36-27-18(2)8-7-9-21(27)32/h7-11,16-17H,6,12-15H2,1-5H3,(H,36,41)(H,33,35,37). The highest BCUT2D eigenvalue weighted by Gasteiger charge is 2.25. The molecule has 1 fully saturated rings. The van der Waals surface area contributed by atoms with Gasteiger partial charge in [0.05, 0.1) is 36.8 Å². The number of carbonyl (C=O) groups excluding carboxylic acids is 2. The number of thiazole rings is 1. The summed E-state index contributed by atoms with van der Waals surface area (Å²) < 4.78 is 11.3. The Morgan fingerprint density at radius 1 is 1.02 bits per heavy atom. The van der Waals surface area contributed by atoms with Crippen LogP contribution in [0.2, 0.25) is 5.02 Å². The second kappa shape index (κ2) is 13.5. The number of carbonyl (C=O) groups is 2. The number of ether oxygens (including phenoxy) is 2. The number of methoxy groups -OCH3 is 2. The average molecular weight is 636 g/mol. The van der Waals surface area contributed by atoms with Crippen molar-refractivity contribution < 1.29 is 19.1 Å². The Morgan fingerprint density at radius 2 is 1.77 bits per heavy atom. The van der Waals surface area contributed by atoms with Crippen molar-refractivity contribution in [1.29, 1.82) is 0 Å². The lowest BCUT2D eigenvalue weighted by Crippen LogP contribution is -2.49. The molecule has 0 saturated carbocycles. The number of hydrogen-bond acceptors (Lipinski definition) is 10. The Balaban J connectivity index is 1.36. The maximum atomic E-state index is 12.9. The molecular weight excluding hydrogens is 602 g/mol. The number of benzene rings is 1. The lowest BCUT2D eigenvalue weighted by atomic mass is 10.1. The van der Waals surface area contributed by atoms with Crippen molar-refractivity contribution in [3.05, 3.63) is 63.8 Å². The van der Waals surface area contributed by atoms with Crippen LogP contribution in [0.5, 0.6) is 11.5 Å². The summed E-state index contributed by atoms with van der Waals surface area (Å²) >= 11 is 7.46. The Labute approximate surface area is 265 Å². The Morgan fingerprint density at radius 3 is 2.45 bits per heavy atom. The zero-order valence-corrected chi connectivity index (χ0v) is 26.8. The number of halogens is 1. The molecule has 11 nitrogen and oxygen atoms in total. The zero-order valence-electron chi connectivity index (χ0n) is 25.2. The Hall–Kier alpha value is -4.42. The summed E-state index contributed by atoms with van der Waals surface area (Å²) in [4.78, 5) is 43.6. The van der Waals surface area contributed by atoms with E-state index >= 15 is 0 Å². The summed E-state index contributed by atoms with van der Waals surface area (Å²) in [5.74, 6) is 2.16. The van der Waals surface area contributed by atoms with E-state index < -0.39 is 0 Å². The minimum atomic E-state index is -0.312. The highest BCUT2D eigenvalue weighted by Crippen LogP contribution is 2.36. The fourth-order valence-electron chi connectivity index (χ4n) is 4.96. The minimum Gasteiger partial charge on any atom is -0.493 e. The first kappa shape index (κ1) is 31.0. The van der Waals surface area contributed by atoms with Gasteiger partial charge in [-0.15, -0.1) is 0 Å². The third-order valence-electron chi connectivity index (χ3n) is 7.38. The van der Waals surface area contributed by atoms with Crippen LogP contribution < -0.4 is 25.0 Å². The van der Waals surface area contributed by atoms with Crippen molar-refractivity contribution in [1.82, 2.24) is 19.9 Å². The predicted octanol–water partition coefficient (Wildman–Crippen LogP) is 5.94. The number of para-hydroxylation sites is 1. The van der Waals surface area contributed by atoms with Gasteiger partial charge in [-0.1, -0.05) is 42.0 Å². The van der Waals surface area contributed by atoms with E-state index in [2.05, 4.69) is 20.5 Å². The van der Waals surface area contributed by atoms with E-state index in [0.717, 1.165) is 22.6 Å². The molecule has 1 aliphatic heterocycles. The van der Waals surface area contributed by atoms with Gasteiger partial charge in [-0.2, -0.15) is 0 Å². The van der Waals surface area contributed by atoms with Crippen molar-refractivity contribution in [2.45, 2.75) is 27.2 Å². The number of amides is 2. The van der Waals surface area contributed by atoms with Crippen LogP contribution in [0, 0.1) is 13.8 Å². The lowest BCUT2D eigenvalue weighted by molar-refractivity contribution is -0.131. The fraction of sp³-hybridized carbons (Fsp3) is 0.323. The molecule has 0 atom stereocenters. The molecule has 0 bridgehead atoms. The molecule has 5 rings (SSSR count). The molecule has 13 heteroatoms. The van der Waals surface area contributed by atoms with E-state index in [4.69, 9.17) is 31.0 Å². The van der Waals surface area contributed by atoms with Gasteiger partial charge in [0.2, 0.25) is 5.91 Å². The van der Waals surface area contributed by atoms with Crippen LogP contribution in [-0.4, -0.2) is 72.1 Å². The van der Waals surface area contributed by atoms with Crippen molar-refractivity contribution in [3.63, 3.8) is 0 Å². The number of piperazine rings is 1. The summed E-state index contributed by atoms with van der Waals surface area (Å²) in [6.45, 7) is 8.33. The molecule has 1 saturated heterocycles. The maximum absolute atomic E-state index is 12.9. The third kappa shape index (κ3) is 6.56. The van der Waals surface area contributed by atoms with Crippen LogP contribution in [0.15, 0.2) is 42.6 Å². The average Bonchev–Trinajstić information content (AvgIpc) is 3.51. The van der Waals surface area contributed by atoms with Crippen molar-refractivity contribution >= 4 is 57.2 Å². The molecule has 4 aromatic rings. The Bertz CT molecular complexity index is 1670. The van der Waals surface area contributed by atoms with Gasteiger partial charge in [0.1, 0.15) is 4.88 Å². The summed E-state index contributed by atoms with van der Waals surface area (Å²) in [6, 6.07) is 11.0. The molecule has 0 radical (unpaired) electrons. The summed E-state index contributed by atoms with van der Waals surface area (Å²) in [7, 11) is 3.18. The van der Waals surface area contributed by atoms with Gasteiger partial charge in [-0.05, 0) is 43.7 Å². The van der Waals surface area contributed by atoms with Crippen LogP contribution in [0.1, 0.15) is 34.3 Å². The lowest BCUT2D eigenvalue weighted by Gasteiger charge is -2.36. The number of hydrogen-bond donors (Lipinski definition) is 2. The molecule has 230 valence electrons. The first-order valence-electron chi connectivity index (χ1n) is 14.1. The van der Waals surface area contributed by atoms with E-state index in [1.807, 2.05) is 56.0 Å². The number of aryl methyl sites for hydroxylation is 2. The molecule has 0 aliphatic carbocycles. The number of pyridine rings is 2. The van der Waals surface area contributed by atoms with Gasteiger partial charge in [0.15, 0.2) is 28.3 Å². The molecule has 4 heterocycles. The first-order valence-corrected chi connectivity index (χ1v) is 15.3. The third-order valence-corrected chi connectivity index (χ3v) is 8.61. The molecule has 1 aromatic carbocycles. The van der Waals surface area contributed by atoms with Crippen LogP contribution >= 0.6 is 22.9 Å². The molecule has 0 spiro atoms. The summed E-state index contributed by atoms with van der Waals surface area (Å²) in [6.07, 6.45) is 2.00. The van der Waals surface area contributed by atoms with E-state index in [0.29, 0.717) is 76.3 Å². The highest BCUT2D eigenvalue weighted by atomic mass is 35.5. The van der Waals surface area contributed by atoms with Gasteiger partial charge >= 0.3 is 0 Å². The normalized spacial score (nSPS) is 13.0. The van der Waals surface area contributed by atoms with Crippen LogP contribution in [-0.2, 0) is 4.79 Å². The molecule has 44 heavy (non-hydrogen) atoms. The number of rotatable bonds is 9. The monoisotopic (exact) mass is 635 g/mol. The smallest absolute Gasteiger partial charge is 0.267 e. The predicted molar refractivity (Wildman–Crippen MR) is 174 cm³/mol. The molecular formula is C31H34ClN7O4S. The second-order valence-electron chi connectivity index (χ2n) is 10.2. The van der Waals surface area contributed by atoms with Crippen molar-refractivity contribution in [3.8, 4) is 22.8 Å². The van der Waals surface area contributed by atoms with Gasteiger partial charge in [-0.25, -0.2) is 15.0 Å². The van der Waals surface area contributed by atoms with Crippen molar-refractivity contribution in [2.75, 3.05) is 55.9 Å². The summed E-state index contributed by atoms with van der Waals surface area (Å²) in [5.41, 5.74) is 3.66. The fourth-order valence-corrected chi connectivity index (χ4v) is 5.94. The zero-order chi connectivity index (χ0) is 31.4. The van der Waals surface area contributed by atoms with E-state index in [-0.39, 0.29) is 11.8 Å².